The Labute approximate surface area is 184 Å². The number of aromatic nitrogens is 3. The number of anilines is 2. The average molecular weight is 435 g/mol. The lowest BCUT2D eigenvalue weighted by atomic mass is 10.0. The minimum Gasteiger partial charge on any atom is -0.508 e. The zero-order valence-corrected chi connectivity index (χ0v) is 17.6. The van der Waals surface area contributed by atoms with E-state index in [1.807, 2.05) is 44.2 Å². The molecule has 4 rings (SSSR count). The van der Waals surface area contributed by atoms with Crippen LogP contribution in [0.1, 0.15) is 36.3 Å². The number of hydrogen-bond donors (Lipinski definition) is 4. The van der Waals surface area contributed by atoms with Crippen LogP contribution < -0.4 is 11.1 Å². The number of aromatic amines is 1. The molecule has 0 aliphatic carbocycles. The quantitative estimate of drug-likeness (QED) is 0.305. The third-order valence-electron chi connectivity index (χ3n) is 5.21. The van der Waals surface area contributed by atoms with E-state index in [1.165, 1.54) is 18.5 Å². The normalized spacial score (nSPS) is 12.2. The van der Waals surface area contributed by atoms with Crippen molar-refractivity contribution in [2.75, 3.05) is 11.1 Å². The van der Waals surface area contributed by atoms with Gasteiger partial charge in [0.2, 0.25) is 0 Å². The molecule has 1 unspecified atom stereocenters. The maximum atomic E-state index is 13.3. The number of hydrogen-bond acceptors (Lipinski definition) is 5. The molecule has 2 aromatic carbocycles. The Morgan fingerprint density at radius 3 is 2.50 bits per heavy atom. The number of nitrogens with one attached hydrogen (secondary N) is 2. The van der Waals surface area contributed by atoms with Crippen molar-refractivity contribution in [3.8, 4) is 28.0 Å². The molecule has 164 valence electrons. The fraction of sp³-hybridized carbons (Fsp3) is 0.167. The maximum absolute atomic E-state index is 13.3. The van der Waals surface area contributed by atoms with Crippen molar-refractivity contribution in [1.29, 1.82) is 0 Å². The van der Waals surface area contributed by atoms with Crippen LogP contribution in [0.5, 0.6) is 5.75 Å². The summed E-state index contributed by atoms with van der Waals surface area (Å²) >= 11 is 0. The Hall–Kier alpha value is -3.94. The number of nitrogens with zero attached hydrogens (tertiary/aromatic N) is 2. The van der Waals surface area contributed by atoms with Gasteiger partial charge in [0.05, 0.1) is 11.6 Å². The van der Waals surface area contributed by atoms with Gasteiger partial charge in [0.1, 0.15) is 23.7 Å². The molecule has 5 N–H and O–H groups in total. The van der Waals surface area contributed by atoms with Crippen LogP contribution in [0.3, 0.4) is 0 Å². The number of aromatic hydroxyl groups is 1. The fourth-order valence-corrected chi connectivity index (χ4v) is 3.78. The first kappa shape index (κ1) is 21.3. The third kappa shape index (κ3) is 4.25. The number of rotatable bonds is 6. The molecule has 2 heterocycles. The van der Waals surface area contributed by atoms with E-state index in [1.54, 1.807) is 0 Å². The van der Waals surface area contributed by atoms with Gasteiger partial charge in [-0.2, -0.15) is 0 Å². The van der Waals surface area contributed by atoms with Gasteiger partial charge in [0.25, 0.3) is 6.43 Å². The van der Waals surface area contributed by atoms with Gasteiger partial charge in [-0.1, -0.05) is 30.3 Å². The molecule has 0 aliphatic heterocycles. The number of nitrogens with two attached hydrogens (primary N) is 1. The van der Waals surface area contributed by atoms with Gasteiger partial charge in [-0.25, -0.2) is 18.7 Å². The molecule has 0 saturated carbocycles. The molecule has 0 bridgehead atoms. The number of H-pyrrole nitrogens is 1. The Morgan fingerprint density at radius 1 is 1.03 bits per heavy atom. The highest BCUT2D eigenvalue weighted by Crippen LogP contribution is 2.38. The van der Waals surface area contributed by atoms with Gasteiger partial charge in [-0.05, 0) is 49.2 Å². The Bertz CT molecular complexity index is 1240. The van der Waals surface area contributed by atoms with Gasteiger partial charge in [0.15, 0.2) is 0 Å². The lowest BCUT2D eigenvalue weighted by Crippen LogP contribution is -2.12. The molecule has 1 atom stereocenters. The third-order valence-corrected chi connectivity index (χ3v) is 5.21. The monoisotopic (exact) mass is 435 g/mol. The molecule has 0 radical (unpaired) electrons. The van der Waals surface area contributed by atoms with Crippen molar-refractivity contribution in [2.45, 2.75) is 26.3 Å². The van der Waals surface area contributed by atoms with Crippen LogP contribution >= 0.6 is 0 Å². The second-order valence-electron chi connectivity index (χ2n) is 7.61. The van der Waals surface area contributed by atoms with Crippen LogP contribution in [0.4, 0.5) is 20.4 Å². The van der Waals surface area contributed by atoms with Crippen molar-refractivity contribution < 1.29 is 13.9 Å². The van der Waals surface area contributed by atoms with E-state index in [-0.39, 0.29) is 23.2 Å². The molecule has 0 saturated heterocycles. The van der Waals surface area contributed by atoms with Crippen molar-refractivity contribution >= 4 is 11.6 Å². The van der Waals surface area contributed by atoms with E-state index in [2.05, 4.69) is 26.3 Å². The summed E-state index contributed by atoms with van der Waals surface area (Å²) in [6.07, 6.45) is -1.43. The van der Waals surface area contributed by atoms with E-state index in [4.69, 9.17) is 5.73 Å². The van der Waals surface area contributed by atoms with Gasteiger partial charge in [0, 0.05) is 22.5 Å². The number of nitrogen functional groups attached to an aromatic ring is 1. The van der Waals surface area contributed by atoms with Gasteiger partial charge in [-0.3, -0.25) is 0 Å². The summed E-state index contributed by atoms with van der Waals surface area (Å²) in [6.45, 7) is 3.95. The average Bonchev–Trinajstić information content (AvgIpc) is 3.16. The SMILES string of the molecule is Cc1cc(-c2ccccc2)c(C(C)Nc2ncnc(N)c2-c2cc(O)cc(C(F)F)c2)[nH]1. The zero-order valence-electron chi connectivity index (χ0n) is 17.6. The highest BCUT2D eigenvalue weighted by atomic mass is 19.3. The summed E-state index contributed by atoms with van der Waals surface area (Å²) in [5.41, 5.74) is 10.5. The van der Waals surface area contributed by atoms with Gasteiger partial charge < -0.3 is 21.1 Å². The number of phenols is 1. The van der Waals surface area contributed by atoms with Gasteiger partial charge in [-0.15, -0.1) is 0 Å². The van der Waals surface area contributed by atoms with E-state index < -0.39 is 6.43 Å². The van der Waals surface area contributed by atoms with E-state index in [0.717, 1.165) is 28.6 Å². The molecule has 6 nitrogen and oxygen atoms in total. The molecular weight excluding hydrogens is 412 g/mol. The van der Waals surface area contributed by atoms with Crippen LogP contribution in [0.2, 0.25) is 0 Å². The minimum atomic E-state index is -2.74. The topological polar surface area (TPSA) is 99.8 Å². The summed E-state index contributed by atoms with van der Waals surface area (Å²) in [5.74, 6) is 0.208. The molecule has 0 spiro atoms. The van der Waals surface area contributed by atoms with Crippen LogP contribution in [-0.2, 0) is 0 Å². The number of benzene rings is 2. The first-order valence-electron chi connectivity index (χ1n) is 10.1. The predicted octanol–water partition coefficient (Wildman–Crippen LogP) is 5.85. The molecule has 4 aromatic rings. The van der Waals surface area contributed by atoms with Crippen LogP contribution in [-0.4, -0.2) is 20.1 Å². The summed E-state index contributed by atoms with van der Waals surface area (Å²) in [6, 6.07) is 15.5. The number of aryl methyl sites for hydroxylation is 1. The molecule has 8 heteroatoms. The zero-order chi connectivity index (χ0) is 22.8. The van der Waals surface area contributed by atoms with E-state index >= 15 is 0 Å². The Balaban J connectivity index is 1.74. The van der Waals surface area contributed by atoms with Crippen molar-refractivity contribution in [1.82, 2.24) is 15.0 Å². The summed E-state index contributed by atoms with van der Waals surface area (Å²) in [4.78, 5) is 11.7. The number of alkyl halides is 2. The lowest BCUT2D eigenvalue weighted by Gasteiger charge is -2.19. The Morgan fingerprint density at radius 2 is 1.78 bits per heavy atom. The van der Waals surface area contributed by atoms with Crippen LogP contribution in [0.15, 0.2) is 60.9 Å². The Kier molecular flexibility index (Phi) is 5.77. The second-order valence-corrected chi connectivity index (χ2v) is 7.61. The molecule has 0 amide bonds. The van der Waals surface area contributed by atoms with E-state index in [9.17, 15) is 13.9 Å². The summed E-state index contributed by atoms with van der Waals surface area (Å²) < 4.78 is 26.6. The second kappa shape index (κ2) is 8.66. The highest BCUT2D eigenvalue weighted by molar-refractivity contribution is 5.84. The number of phenolic OH excluding ortho intramolecular Hbond substituents is 1. The van der Waals surface area contributed by atoms with Crippen molar-refractivity contribution in [2.24, 2.45) is 0 Å². The molecular formula is C24H23F2N5O. The highest BCUT2D eigenvalue weighted by Gasteiger charge is 2.20. The van der Waals surface area contributed by atoms with E-state index in [0.29, 0.717) is 16.9 Å². The molecule has 2 aromatic heterocycles. The number of halogens is 2. The van der Waals surface area contributed by atoms with Crippen molar-refractivity contribution in [3.63, 3.8) is 0 Å². The minimum absolute atomic E-state index is 0.117. The predicted molar refractivity (Wildman–Crippen MR) is 122 cm³/mol. The molecule has 0 fully saturated rings. The van der Waals surface area contributed by atoms with Crippen LogP contribution in [0.25, 0.3) is 22.3 Å². The lowest BCUT2D eigenvalue weighted by molar-refractivity contribution is 0.151. The van der Waals surface area contributed by atoms with Gasteiger partial charge >= 0.3 is 0 Å². The smallest absolute Gasteiger partial charge is 0.264 e. The van der Waals surface area contributed by atoms with Crippen molar-refractivity contribution in [3.05, 3.63) is 77.9 Å². The van der Waals surface area contributed by atoms with Crippen LogP contribution in [0, 0.1) is 6.92 Å². The first-order valence-corrected chi connectivity index (χ1v) is 10.1. The fourth-order valence-electron chi connectivity index (χ4n) is 3.78. The summed E-state index contributed by atoms with van der Waals surface area (Å²) in [7, 11) is 0. The molecule has 0 aliphatic rings. The first-order chi connectivity index (χ1) is 15.3. The standard InChI is InChI=1S/C24H23F2N5O/c1-13-8-19(15-6-4-3-5-7-15)21(30-13)14(2)31-24-20(23(27)28-12-29-24)16-9-17(22(25)26)11-18(32)10-16/h3-12,14,22,30,32H,1-2H3,(H3,27,28,29,31). The molecule has 32 heavy (non-hydrogen) atoms. The summed E-state index contributed by atoms with van der Waals surface area (Å²) in [5, 5.41) is 13.3. The largest absolute Gasteiger partial charge is 0.508 e. The maximum Gasteiger partial charge on any atom is 0.264 e.